The molecule has 1 aliphatic heterocycles. The van der Waals surface area contributed by atoms with Gasteiger partial charge in [0.15, 0.2) is 0 Å². The highest BCUT2D eigenvalue weighted by Crippen LogP contribution is 2.30. The van der Waals surface area contributed by atoms with E-state index in [1.807, 2.05) is 6.92 Å². The van der Waals surface area contributed by atoms with Crippen molar-refractivity contribution in [2.24, 2.45) is 11.1 Å². The molecule has 1 atom stereocenters. The second kappa shape index (κ2) is 5.04. The van der Waals surface area contributed by atoms with Crippen LogP contribution in [0.4, 0.5) is 0 Å². The van der Waals surface area contributed by atoms with Gasteiger partial charge in [0.1, 0.15) is 5.01 Å². The molecule has 0 amide bonds. The molecule has 1 fully saturated rings. The van der Waals surface area contributed by atoms with Crippen molar-refractivity contribution in [2.75, 3.05) is 13.1 Å². The minimum absolute atomic E-state index is 0.0639. The topological polar surface area (TPSA) is 42.1 Å². The number of piperidine rings is 1. The molecule has 1 aromatic heterocycles. The number of likely N-dealkylation sites (tertiary alicyclic amines) is 1. The van der Waals surface area contributed by atoms with Gasteiger partial charge in [0, 0.05) is 11.9 Å². The standard InChI is InChI=1S/C13H23N3S/c1-10(14)12-15-11(9-17-12)8-16-6-4-13(2,3)5-7-16/h9-10H,4-8,14H2,1-3H3. The van der Waals surface area contributed by atoms with E-state index in [9.17, 15) is 0 Å². The van der Waals surface area contributed by atoms with Crippen LogP contribution in [0, 0.1) is 5.41 Å². The summed E-state index contributed by atoms with van der Waals surface area (Å²) >= 11 is 1.68. The third-order valence-electron chi connectivity index (χ3n) is 3.55. The Hall–Kier alpha value is -0.450. The van der Waals surface area contributed by atoms with Gasteiger partial charge in [0.05, 0.1) is 11.7 Å². The van der Waals surface area contributed by atoms with E-state index >= 15 is 0 Å². The van der Waals surface area contributed by atoms with Gasteiger partial charge in [-0.15, -0.1) is 11.3 Å². The van der Waals surface area contributed by atoms with Crippen molar-refractivity contribution in [3.8, 4) is 0 Å². The molecule has 2 N–H and O–H groups in total. The molecule has 2 rings (SSSR count). The fourth-order valence-corrected chi connectivity index (χ4v) is 2.92. The van der Waals surface area contributed by atoms with Gasteiger partial charge in [-0.1, -0.05) is 13.8 Å². The summed E-state index contributed by atoms with van der Waals surface area (Å²) in [6.07, 6.45) is 2.58. The normalized spacial score (nSPS) is 22.6. The molecule has 1 unspecified atom stereocenters. The van der Waals surface area contributed by atoms with Crippen LogP contribution in [0.15, 0.2) is 5.38 Å². The van der Waals surface area contributed by atoms with Gasteiger partial charge >= 0.3 is 0 Å². The fourth-order valence-electron chi connectivity index (χ4n) is 2.15. The summed E-state index contributed by atoms with van der Waals surface area (Å²) in [4.78, 5) is 7.10. The largest absolute Gasteiger partial charge is 0.322 e. The van der Waals surface area contributed by atoms with Crippen LogP contribution >= 0.6 is 11.3 Å². The molecule has 0 saturated carbocycles. The van der Waals surface area contributed by atoms with Crippen LogP contribution in [-0.2, 0) is 6.54 Å². The second-order valence-electron chi connectivity index (χ2n) is 5.91. The van der Waals surface area contributed by atoms with Gasteiger partial charge in [0.2, 0.25) is 0 Å². The predicted octanol–water partition coefficient (Wildman–Crippen LogP) is 2.78. The smallest absolute Gasteiger partial charge is 0.109 e. The molecule has 1 aromatic rings. The third-order valence-corrected chi connectivity index (χ3v) is 4.65. The van der Waals surface area contributed by atoms with Crippen LogP contribution in [0.5, 0.6) is 0 Å². The van der Waals surface area contributed by atoms with E-state index < -0.39 is 0 Å². The Morgan fingerprint density at radius 3 is 2.65 bits per heavy atom. The number of nitrogens with zero attached hydrogens (tertiary/aromatic N) is 2. The van der Waals surface area contributed by atoms with E-state index in [4.69, 9.17) is 5.73 Å². The Balaban J connectivity index is 1.89. The number of rotatable bonds is 3. The fraction of sp³-hybridized carbons (Fsp3) is 0.769. The average Bonchev–Trinajstić information content (AvgIpc) is 2.70. The second-order valence-corrected chi connectivity index (χ2v) is 6.80. The summed E-state index contributed by atoms with van der Waals surface area (Å²) in [5.41, 5.74) is 7.54. The molecular weight excluding hydrogens is 230 g/mol. The van der Waals surface area contributed by atoms with Gasteiger partial charge in [-0.3, -0.25) is 4.90 Å². The molecule has 0 aliphatic carbocycles. The molecule has 1 aliphatic rings. The summed E-state index contributed by atoms with van der Waals surface area (Å²) in [5, 5.41) is 3.20. The maximum atomic E-state index is 5.83. The van der Waals surface area contributed by atoms with E-state index in [1.165, 1.54) is 31.6 Å². The van der Waals surface area contributed by atoms with E-state index in [2.05, 4.69) is 29.1 Å². The van der Waals surface area contributed by atoms with Gasteiger partial charge < -0.3 is 5.73 Å². The first kappa shape index (κ1) is 13.0. The Morgan fingerprint density at radius 1 is 1.47 bits per heavy atom. The van der Waals surface area contributed by atoms with Gasteiger partial charge in [0.25, 0.3) is 0 Å². The van der Waals surface area contributed by atoms with E-state index in [1.54, 1.807) is 11.3 Å². The lowest BCUT2D eigenvalue weighted by Crippen LogP contribution is -2.36. The van der Waals surface area contributed by atoms with E-state index in [0.29, 0.717) is 5.41 Å². The van der Waals surface area contributed by atoms with Crippen LogP contribution in [0.2, 0.25) is 0 Å². The molecule has 2 heterocycles. The molecule has 0 spiro atoms. The lowest BCUT2D eigenvalue weighted by molar-refractivity contribution is 0.126. The maximum absolute atomic E-state index is 5.83. The van der Waals surface area contributed by atoms with Crippen LogP contribution < -0.4 is 5.73 Å². The lowest BCUT2D eigenvalue weighted by atomic mass is 9.83. The number of hydrogen-bond donors (Lipinski definition) is 1. The molecule has 0 bridgehead atoms. The van der Waals surface area contributed by atoms with Gasteiger partial charge in [-0.25, -0.2) is 4.98 Å². The van der Waals surface area contributed by atoms with Crippen molar-refractivity contribution in [1.82, 2.24) is 9.88 Å². The number of thiazole rings is 1. The zero-order chi connectivity index (χ0) is 12.5. The van der Waals surface area contributed by atoms with Crippen molar-refractivity contribution in [2.45, 2.75) is 46.2 Å². The summed E-state index contributed by atoms with van der Waals surface area (Å²) in [7, 11) is 0. The Kier molecular flexibility index (Phi) is 3.85. The minimum Gasteiger partial charge on any atom is -0.322 e. The molecule has 4 heteroatoms. The number of hydrogen-bond acceptors (Lipinski definition) is 4. The first-order valence-corrected chi connectivity index (χ1v) is 7.26. The summed E-state index contributed by atoms with van der Waals surface area (Å²) in [5.74, 6) is 0. The first-order chi connectivity index (χ1) is 7.96. The number of nitrogens with two attached hydrogens (primary N) is 1. The van der Waals surface area contributed by atoms with Crippen LogP contribution in [0.25, 0.3) is 0 Å². The van der Waals surface area contributed by atoms with Crippen LogP contribution in [0.3, 0.4) is 0 Å². The van der Waals surface area contributed by atoms with Gasteiger partial charge in [-0.2, -0.15) is 0 Å². The maximum Gasteiger partial charge on any atom is 0.109 e. The van der Waals surface area contributed by atoms with Crippen LogP contribution in [0.1, 0.15) is 50.4 Å². The molecule has 96 valence electrons. The third kappa shape index (κ3) is 3.50. The van der Waals surface area contributed by atoms with E-state index in [0.717, 1.165) is 11.6 Å². The van der Waals surface area contributed by atoms with Crippen LogP contribution in [-0.4, -0.2) is 23.0 Å². The van der Waals surface area contributed by atoms with Crippen molar-refractivity contribution >= 4 is 11.3 Å². The monoisotopic (exact) mass is 253 g/mol. The molecule has 3 nitrogen and oxygen atoms in total. The lowest BCUT2D eigenvalue weighted by Gasteiger charge is -2.36. The SMILES string of the molecule is CC(N)c1nc(CN2CCC(C)(C)CC2)cs1. The molecule has 1 saturated heterocycles. The summed E-state index contributed by atoms with van der Waals surface area (Å²) < 4.78 is 0. The summed E-state index contributed by atoms with van der Waals surface area (Å²) in [6, 6.07) is 0.0639. The van der Waals surface area contributed by atoms with Crippen molar-refractivity contribution in [3.05, 3.63) is 16.1 Å². The molecular formula is C13H23N3S. The highest BCUT2D eigenvalue weighted by molar-refractivity contribution is 7.09. The van der Waals surface area contributed by atoms with Crippen molar-refractivity contribution in [1.29, 1.82) is 0 Å². The van der Waals surface area contributed by atoms with Crippen molar-refractivity contribution < 1.29 is 0 Å². The molecule has 0 aromatic carbocycles. The Labute approximate surface area is 108 Å². The summed E-state index contributed by atoms with van der Waals surface area (Å²) in [6.45, 7) is 10.1. The highest BCUT2D eigenvalue weighted by atomic mass is 32.1. The van der Waals surface area contributed by atoms with Gasteiger partial charge in [-0.05, 0) is 38.3 Å². The highest BCUT2D eigenvalue weighted by Gasteiger charge is 2.25. The van der Waals surface area contributed by atoms with E-state index in [-0.39, 0.29) is 6.04 Å². The molecule has 17 heavy (non-hydrogen) atoms. The van der Waals surface area contributed by atoms with Crippen molar-refractivity contribution in [3.63, 3.8) is 0 Å². The quantitative estimate of drug-likeness (QED) is 0.900. The Bertz CT molecular complexity index is 360. The minimum atomic E-state index is 0.0639. The Morgan fingerprint density at radius 2 is 2.12 bits per heavy atom. The predicted molar refractivity (Wildman–Crippen MR) is 73.0 cm³/mol. The zero-order valence-corrected chi connectivity index (χ0v) is 11.9. The first-order valence-electron chi connectivity index (χ1n) is 6.38. The zero-order valence-electron chi connectivity index (χ0n) is 11.1. The number of aromatic nitrogens is 1. The average molecular weight is 253 g/mol. The molecule has 0 radical (unpaired) electrons.